The molecule has 1 N–H and O–H groups in total. The molecule has 1 amide bonds. The highest BCUT2D eigenvalue weighted by atomic mass is 19.1. The molecular formula is C18H18FN5O. The SMILES string of the molecule is Cc1ccn2ncc(C(=O)N3CCNCC3c3cccc(F)c3)c2n1. The maximum atomic E-state index is 13.6. The van der Waals surface area contributed by atoms with Crippen molar-refractivity contribution in [1.82, 2.24) is 24.8 Å². The third-order valence-corrected chi connectivity index (χ3v) is 4.48. The number of aromatic nitrogens is 3. The Labute approximate surface area is 144 Å². The van der Waals surface area contributed by atoms with E-state index in [0.717, 1.165) is 11.3 Å². The number of carbonyl (C=O) groups excluding carboxylic acids is 1. The van der Waals surface area contributed by atoms with Crippen molar-refractivity contribution < 1.29 is 9.18 Å². The van der Waals surface area contributed by atoms with Gasteiger partial charge in [0, 0.05) is 31.5 Å². The fourth-order valence-electron chi connectivity index (χ4n) is 3.22. The van der Waals surface area contributed by atoms with E-state index in [1.807, 2.05) is 19.1 Å². The number of benzene rings is 1. The predicted octanol–water partition coefficient (Wildman–Crippen LogP) is 1.96. The summed E-state index contributed by atoms with van der Waals surface area (Å²) in [7, 11) is 0. The molecule has 1 aromatic carbocycles. The fourth-order valence-corrected chi connectivity index (χ4v) is 3.22. The zero-order chi connectivity index (χ0) is 17.4. The Morgan fingerprint density at radius 3 is 3.08 bits per heavy atom. The molecule has 2 aromatic heterocycles. The molecule has 1 aliphatic rings. The second kappa shape index (κ2) is 6.25. The van der Waals surface area contributed by atoms with Crippen LogP contribution in [0.3, 0.4) is 0 Å². The van der Waals surface area contributed by atoms with Crippen molar-refractivity contribution in [2.45, 2.75) is 13.0 Å². The standard InChI is InChI=1S/C18H18FN5O/c1-12-5-7-24-17(22-12)15(10-21-24)18(25)23-8-6-20-11-16(23)13-3-2-4-14(19)9-13/h2-5,7,9-10,16,20H,6,8,11H2,1H3. The molecule has 3 heterocycles. The molecule has 0 saturated carbocycles. The van der Waals surface area contributed by atoms with Crippen LogP contribution < -0.4 is 5.32 Å². The van der Waals surface area contributed by atoms with Crippen LogP contribution in [0, 0.1) is 12.7 Å². The van der Waals surface area contributed by atoms with Gasteiger partial charge in [-0.3, -0.25) is 4.79 Å². The summed E-state index contributed by atoms with van der Waals surface area (Å²) in [4.78, 5) is 19.4. The van der Waals surface area contributed by atoms with Gasteiger partial charge in [0.1, 0.15) is 11.4 Å². The highest BCUT2D eigenvalue weighted by Gasteiger charge is 2.30. The first-order chi connectivity index (χ1) is 12.1. The van der Waals surface area contributed by atoms with Crippen LogP contribution in [-0.4, -0.2) is 45.0 Å². The van der Waals surface area contributed by atoms with Gasteiger partial charge in [0.2, 0.25) is 0 Å². The highest BCUT2D eigenvalue weighted by molar-refractivity contribution is 6.00. The van der Waals surface area contributed by atoms with E-state index in [2.05, 4.69) is 15.4 Å². The highest BCUT2D eigenvalue weighted by Crippen LogP contribution is 2.25. The number of amides is 1. The van der Waals surface area contributed by atoms with E-state index >= 15 is 0 Å². The molecule has 1 saturated heterocycles. The molecule has 25 heavy (non-hydrogen) atoms. The van der Waals surface area contributed by atoms with Crippen LogP contribution in [0.4, 0.5) is 4.39 Å². The molecular weight excluding hydrogens is 321 g/mol. The predicted molar refractivity (Wildman–Crippen MR) is 90.8 cm³/mol. The molecule has 128 valence electrons. The molecule has 0 bridgehead atoms. The van der Waals surface area contributed by atoms with Crippen LogP contribution in [0.15, 0.2) is 42.7 Å². The number of fused-ring (bicyclic) bond motifs is 1. The topological polar surface area (TPSA) is 62.5 Å². The normalized spacial score (nSPS) is 17.8. The van der Waals surface area contributed by atoms with Gasteiger partial charge >= 0.3 is 0 Å². The van der Waals surface area contributed by atoms with E-state index in [1.54, 1.807) is 27.9 Å². The lowest BCUT2D eigenvalue weighted by atomic mass is 10.0. The number of hydrogen-bond donors (Lipinski definition) is 1. The number of piperazine rings is 1. The summed E-state index contributed by atoms with van der Waals surface area (Å²) in [5.74, 6) is -0.437. The summed E-state index contributed by atoms with van der Waals surface area (Å²) < 4.78 is 15.2. The maximum Gasteiger partial charge on any atom is 0.259 e. The smallest absolute Gasteiger partial charge is 0.259 e. The fraction of sp³-hybridized carbons (Fsp3) is 0.278. The molecule has 3 aromatic rings. The van der Waals surface area contributed by atoms with E-state index in [4.69, 9.17) is 0 Å². The van der Waals surface area contributed by atoms with Crippen molar-refractivity contribution in [2.24, 2.45) is 0 Å². The van der Waals surface area contributed by atoms with Crippen LogP contribution in [0.5, 0.6) is 0 Å². The van der Waals surface area contributed by atoms with Gasteiger partial charge in [-0.05, 0) is 30.7 Å². The largest absolute Gasteiger partial charge is 0.329 e. The zero-order valence-corrected chi connectivity index (χ0v) is 13.8. The average Bonchev–Trinajstić information content (AvgIpc) is 3.04. The third kappa shape index (κ3) is 2.87. The van der Waals surface area contributed by atoms with Crippen molar-refractivity contribution >= 4 is 11.6 Å². The zero-order valence-electron chi connectivity index (χ0n) is 13.8. The Kier molecular flexibility index (Phi) is 3.93. The summed E-state index contributed by atoms with van der Waals surface area (Å²) in [5.41, 5.74) is 2.61. The van der Waals surface area contributed by atoms with Gasteiger partial charge in [0.25, 0.3) is 5.91 Å². The lowest BCUT2D eigenvalue weighted by molar-refractivity contribution is 0.0635. The molecule has 0 spiro atoms. The van der Waals surface area contributed by atoms with Crippen molar-refractivity contribution in [1.29, 1.82) is 0 Å². The minimum Gasteiger partial charge on any atom is -0.329 e. The molecule has 1 unspecified atom stereocenters. The molecule has 1 fully saturated rings. The van der Waals surface area contributed by atoms with Crippen LogP contribution in [0.25, 0.3) is 5.65 Å². The molecule has 4 rings (SSSR count). The Balaban J connectivity index is 1.72. The number of nitrogens with one attached hydrogen (secondary N) is 1. The van der Waals surface area contributed by atoms with Crippen LogP contribution in [-0.2, 0) is 0 Å². The van der Waals surface area contributed by atoms with E-state index in [-0.39, 0.29) is 17.8 Å². The van der Waals surface area contributed by atoms with Gasteiger partial charge in [0.15, 0.2) is 5.65 Å². The molecule has 6 nitrogen and oxygen atoms in total. The second-order valence-electron chi connectivity index (χ2n) is 6.17. The number of halogens is 1. The first kappa shape index (κ1) is 15.7. The molecule has 1 aliphatic heterocycles. The number of aryl methyl sites for hydroxylation is 1. The summed E-state index contributed by atoms with van der Waals surface area (Å²) >= 11 is 0. The Morgan fingerprint density at radius 2 is 2.24 bits per heavy atom. The summed E-state index contributed by atoms with van der Waals surface area (Å²) in [6.07, 6.45) is 3.34. The van der Waals surface area contributed by atoms with Gasteiger partial charge in [-0.2, -0.15) is 5.10 Å². The monoisotopic (exact) mass is 339 g/mol. The quantitative estimate of drug-likeness (QED) is 0.775. The van der Waals surface area contributed by atoms with E-state index in [0.29, 0.717) is 30.8 Å². The van der Waals surface area contributed by atoms with Crippen molar-refractivity contribution in [2.75, 3.05) is 19.6 Å². The first-order valence-electron chi connectivity index (χ1n) is 8.21. The van der Waals surface area contributed by atoms with Crippen molar-refractivity contribution in [3.8, 4) is 0 Å². The van der Waals surface area contributed by atoms with Gasteiger partial charge in [-0.1, -0.05) is 12.1 Å². The molecule has 1 atom stereocenters. The Morgan fingerprint density at radius 1 is 1.36 bits per heavy atom. The lowest BCUT2D eigenvalue weighted by Crippen LogP contribution is -2.48. The lowest BCUT2D eigenvalue weighted by Gasteiger charge is -2.36. The van der Waals surface area contributed by atoms with E-state index in [9.17, 15) is 9.18 Å². The van der Waals surface area contributed by atoms with Crippen LogP contribution in [0.1, 0.15) is 27.7 Å². The van der Waals surface area contributed by atoms with Crippen molar-refractivity contribution in [3.63, 3.8) is 0 Å². The molecule has 7 heteroatoms. The number of carbonyl (C=O) groups is 1. The van der Waals surface area contributed by atoms with Crippen molar-refractivity contribution in [3.05, 3.63) is 65.4 Å². The molecule has 0 radical (unpaired) electrons. The maximum absolute atomic E-state index is 13.6. The van der Waals surface area contributed by atoms with Crippen LogP contribution in [0.2, 0.25) is 0 Å². The van der Waals surface area contributed by atoms with Gasteiger partial charge in [-0.25, -0.2) is 13.9 Å². The Bertz CT molecular complexity index is 938. The van der Waals surface area contributed by atoms with Crippen LogP contribution >= 0.6 is 0 Å². The minimum atomic E-state index is -0.302. The average molecular weight is 339 g/mol. The summed E-state index contributed by atoms with van der Waals surface area (Å²) in [5, 5.41) is 7.50. The van der Waals surface area contributed by atoms with E-state index < -0.39 is 0 Å². The van der Waals surface area contributed by atoms with E-state index in [1.165, 1.54) is 12.1 Å². The Hall–Kier alpha value is -2.80. The minimum absolute atomic E-state index is 0.135. The summed E-state index contributed by atoms with van der Waals surface area (Å²) in [6.45, 7) is 3.70. The number of rotatable bonds is 2. The summed E-state index contributed by atoms with van der Waals surface area (Å²) in [6, 6.07) is 8.02. The number of hydrogen-bond acceptors (Lipinski definition) is 4. The second-order valence-corrected chi connectivity index (χ2v) is 6.17. The van der Waals surface area contributed by atoms with Gasteiger partial charge < -0.3 is 10.2 Å². The van der Waals surface area contributed by atoms with Gasteiger partial charge in [0.05, 0.1) is 12.2 Å². The molecule has 0 aliphatic carbocycles. The van der Waals surface area contributed by atoms with Gasteiger partial charge in [-0.15, -0.1) is 0 Å². The number of nitrogens with zero attached hydrogens (tertiary/aromatic N) is 4. The first-order valence-corrected chi connectivity index (χ1v) is 8.21. The third-order valence-electron chi connectivity index (χ3n) is 4.48.